The molecule has 140 valence electrons. The Morgan fingerprint density at radius 3 is 2.68 bits per heavy atom. The van der Waals surface area contributed by atoms with E-state index in [2.05, 4.69) is 4.90 Å². The molecule has 0 bridgehead atoms. The van der Waals surface area contributed by atoms with Gasteiger partial charge in [0.25, 0.3) is 0 Å². The first-order valence-electron chi connectivity index (χ1n) is 8.99. The minimum atomic E-state index is -3.57. The van der Waals surface area contributed by atoms with Crippen molar-refractivity contribution in [2.24, 2.45) is 0 Å². The molecule has 2 fully saturated rings. The maximum atomic E-state index is 13.3. The number of sulfonamides is 1. The van der Waals surface area contributed by atoms with Gasteiger partial charge in [0.1, 0.15) is 10.6 Å². The van der Waals surface area contributed by atoms with Gasteiger partial charge in [0.2, 0.25) is 10.0 Å². The third-order valence-electron chi connectivity index (χ3n) is 5.05. The SMILES string of the molecule is COc1cc(C)ccc1S(=O)(=O)N1CCCCC1CN1CCOCC1. The average Bonchev–Trinajstić information content (AvgIpc) is 2.62. The number of ether oxygens (including phenoxy) is 2. The molecular weight excluding hydrogens is 340 g/mol. The van der Waals surface area contributed by atoms with E-state index in [0.717, 1.165) is 57.7 Å². The molecule has 1 aromatic carbocycles. The van der Waals surface area contributed by atoms with Gasteiger partial charge in [0.05, 0.1) is 20.3 Å². The maximum absolute atomic E-state index is 13.3. The first-order chi connectivity index (χ1) is 12.0. The van der Waals surface area contributed by atoms with Crippen LogP contribution in [0, 0.1) is 6.92 Å². The molecule has 1 unspecified atom stereocenters. The first-order valence-corrected chi connectivity index (χ1v) is 10.4. The van der Waals surface area contributed by atoms with E-state index in [1.807, 2.05) is 13.0 Å². The molecule has 0 saturated carbocycles. The third kappa shape index (κ3) is 4.16. The van der Waals surface area contributed by atoms with Crippen molar-refractivity contribution in [2.75, 3.05) is 46.5 Å². The van der Waals surface area contributed by atoms with Gasteiger partial charge in [-0.2, -0.15) is 4.31 Å². The van der Waals surface area contributed by atoms with Crippen LogP contribution in [0.2, 0.25) is 0 Å². The van der Waals surface area contributed by atoms with E-state index in [9.17, 15) is 8.42 Å². The number of piperidine rings is 1. The van der Waals surface area contributed by atoms with Crippen LogP contribution in [0.15, 0.2) is 23.1 Å². The molecule has 25 heavy (non-hydrogen) atoms. The highest BCUT2D eigenvalue weighted by atomic mass is 32.2. The van der Waals surface area contributed by atoms with Gasteiger partial charge in [-0.25, -0.2) is 8.42 Å². The van der Waals surface area contributed by atoms with Crippen LogP contribution < -0.4 is 4.74 Å². The van der Waals surface area contributed by atoms with Crippen molar-refractivity contribution in [1.29, 1.82) is 0 Å². The van der Waals surface area contributed by atoms with Crippen molar-refractivity contribution < 1.29 is 17.9 Å². The number of methoxy groups -OCH3 is 1. The predicted octanol–water partition coefficient (Wildman–Crippen LogP) is 1.88. The van der Waals surface area contributed by atoms with Gasteiger partial charge in [-0.3, -0.25) is 4.90 Å². The lowest BCUT2D eigenvalue weighted by Crippen LogP contribution is -2.51. The third-order valence-corrected chi connectivity index (χ3v) is 7.04. The normalized spacial score (nSPS) is 23.5. The van der Waals surface area contributed by atoms with Gasteiger partial charge in [0.15, 0.2) is 0 Å². The number of nitrogens with zero attached hydrogens (tertiary/aromatic N) is 2. The maximum Gasteiger partial charge on any atom is 0.247 e. The van der Waals surface area contributed by atoms with Crippen LogP contribution in [0.4, 0.5) is 0 Å². The number of rotatable bonds is 5. The second-order valence-electron chi connectivity index (χ2n) is 6.83. The van der Waals surface area contributed by atoms with E-state index in [-0.39, 0.29) is 10.9 Å². The molecule has 1 atom stereocenters. The lowest BCUT2D eigenvalue weighted by atomic mass is 10.0. The second kappa shape index (κ2) is 8.03. The Balaban J connectivity index is 1.85. The summed E-state index contributed by atoms with van der Waals surface area (Å²) in [4.78, 5) is 2.59. The Labute approximate surface area is 150 Å². The van der Waals surface area contributed by atoms with Crippen LogP contribution in [-0.4, -0.2) is 70.2 Å². The summed E-state index contributed by atoms with van der Waals surface area (Å²) in [7, 11) is -2.05. The highest BCUT2D eigenvalue weighted by molar-refractivity contribution is 7.89. The molecule has 2 aliphatic rings. The van der Waals surface area contributed by atoms with E-state index in [1.54, 1.807) is 16.4 Å². The van der Waals surface area contributed by atoms with Crippen molar-refractivity contribution in [3.05, 3.63) is 23.8 Å². The van der Waals surface area contributed by atoms with Gasteiger partial charge in [0, 0.05) is 32.2 Å². The molecule has 2 aliphatic heterocycles. The van der Waals surface area contributed by atoms with Gasteiger partial charge in [-0.05, 0) is 37.5 Å². The Morgan fingerprint density at radius 1 is 1.20 bits per heavy atom. The van der Waals surface area contributed by atoms with Crippen LogP contribution in [0.3, 0.4) is 0 Å². The largest absolute Gasteiger partial charge is 0.495 e. The summed E-state index contributed by atoms with van der Waals surface area (Å²) >= 11 is 0. The van der Waals surface area contributed by atoms with E-state index in [4.69, 9.17) is 9.47 Å². The van der Waals surface area contributed by atoms with Crippen LogP contribution in [-0.2, 0) is 14.8 Å². The molecule has 0 spiro atoms. The second-order valence-corrected chi connectivity index (χ2v) is 8.69. The molecule has 0 amide bonds. The van der Waals surface area contributed by atoms with Crippen LogP contribution in [0.25, 0.3) is 0 Å². The summed E-state index contributed by atoms with van der Waals surface area (Å²) in [6.07, 6.45) is 2.89. The summed E-state index contributed by atoms with van der Waals surface area (Å²) < 4.78 is 39.1. The fourth-order valence-electron chi connectivity index (χ4n) is 3.67. The van der Waals surface area contributed by atoms with Gasteiger partial charge < -0.3 is 9.47 Å². The Hall–Kier alpha value is -1.15. The molecule has 1 aromatic rings. The molecule has 0 N–H and O–H groups in total. The van der Waals surface area contributed by atoms with Crippen molar-refractivity contribution in [2.45, 2.75) is 37.1 Å². The fourth-order valence-corrected chi connectivity index (χ4v) is 5.49. The van der Waals surface area contributed by atoms with Crippen molar-refractivity contribution in [1.82, 2.24) is 9.21 Å². The summed E-state index contributed by atoms with van der Waals surface area (Å²) in [5.74, 6) is 0.427. The van der Waals surface area contributed by atoms with E-state index >= 15 is 0 Å². The Bertz CT molecular complexity index is 686. The zero-order valence-corrected chi connectivity index (χ0v) is 15.9. The van der Waals surface area contributed by atoms with Crippen LogP contribution >= 0.6 is 0 Å². The Kier molecular flexibility index (Phi) is 5.99. The molecule has 7 heteroatoms. The summed E-state index contributed by atoms with van der Waals surface area (Å²) in [5.41, 5.74) is 0.985. The summed E-state index contributed by atoms with van der Waals surface area (Å²) in [5, 5.41) is 0. The van der Waals surface area contributed by atoms with Crippen molar-refractivity contribution >= 4 is 10.0 Å². The zero-order valence-electron chi connectivity index (χ0n) is 15.1. The summed E-state index contributed by atoms with van der Waals surface area (Å²) in [6.45, 7) is 6.49. The smallest absolute Gasteiger partial charge is 0.247 e. The Morgan fingerprint density at radius 2 is 1.96 bits per heavy atom. The molecule has 3 rings (SSSR count). The number of morpholine rings is 1. The predicted molar refractivity (Wildman–Crippen MR) is 96.5 cm³/mol. The molecule has 2 saturated heterocycles. The number of hydrogen-bond acceptors (Lipinski definition) is 5. The minimum Gasteiger partial charge on any atom is -0.495 e. The lowest BCUT2D eigenvalue weighted by Gasteiger charge is -2.38. The fraction of sp³-hybridized carbons (Fsp3) is 0.667. The average molecular weight is 368 g/mol. The zero-order chi connectivity index (χ0) is 17.9. The van der Waals surface area contributed by atoms with Crippen LogP contribution in [0.1, 0.15) is 24.8 Å². The minimum absolute atomic E-state index is 0.0165. The van der Waals surface area contributed by atoms with E-state index in [0.29, 0.717) is 12.3 Å². The number of benzene rings is 1. The number of aryl methyl sites for hydroxylation is 1. The number of hydrogen-bond donors (Lipinski definition) is 0. The van der Waals surface area contributed by atoms with Gasteiger partial charge in [-0.15, -0.1) is 0 Å². The van der Waals surface area contributed by atoms with Gasteiger partial charge in [-0.1, -0.05) is 12.5 Å². The molecule has 6 nitrogen and oxygen atoms in total. The van der Waals surface area contributed by atoms with E-state index < -0.39 is 10.0 Å². The molecule has 2 heterocycles. The van der Waals surface area contributed by atoms with E-state index in [1.165, 1.54) is 7.11 Å². The highest BCUT2D eigenvalue weighted by Gasteiger charge is 2.36. The van der Waals surface area contributed by atoms with Crippen molar-refractivity contribution in [3.8, 4) is 5.75 Å². The molecule has 0 aromatic heterocycles. The summed E-state index contributed by atoms with van der Waals surface area (Å²) in [6, 6.07) is 5.30. The molecule has 0 radical (unpaired) electrons. The topological polar surface area (TPSA) is 59.1 Å². The highest BCUT2D eigenvalue weighted by Crippen LogP contribution is 2.32. The van der Waals surface area contributed by atoms with Gasteiger partial charge >= 0.3 is 0 Å². The quantitative estimate of drug-likeness (QED) is 0.794. The van der Waals surface area contributed by atoms with Crippen molar-refractivity contribution in [3.63, 3.8) is 0 Å². The van der Waals surface area contributed by atoms with Crippen LogP contribution in [0.5, 0.6) is 5.75 Å². The molecule has 0 aliphatic carbocycles. The standard InChI is InChI=1S/C18H28N2O4S/c1-15-6-7-18(17(13-15)23-2)25(21,22)20-8-4-3-5-16(20)14-19-9-11-24-12-10-19/h6-7,13,16H,3-5,8-12,14H2,1-2H3. The first kappa shape index (κ1) is 18.6. The molecular formula is C18H28N2O4S. The lowest BCUT2D eigenvalue weighted by molar-refractivity contribution is 0.0262. The monoisotopic (exact) mass is 368 g/mol.